The van der Waals surface area contributed by atoms with E-state index in [4.69, 9.17) is 5.73 Å². The van der Waals surface area contributed by atoms with Crippen LogP contribution in [0, 0.1) is 12.8 Å². The Kier molecular flexibility index (Phi) is 4.87. The van der Waals surface area contributed by atoms with Crippen LogP contribution in [0.5, 0.6) is 0 Å². The van der Waals surface area contributed by atoms with Crippen molar-refractivity contribution in [3.05, 3.63) is 29.3 Å². The molecule has 2 unspecified atom stereocenters. The van der Waals surface area contributed by atoms with Crippen molar-refractivity contribution in [3.63, 3.8) is 0 Å². The molecule has 19 heavy (non-hydrogen) atoms. The molecule has 106 valence electrons. The SMILES string of the molecule is CCC(N)Cc1ccc(N2CCCC(C)C2)c(C)c1. The van der Waals surface area contributed by atoms with Crippen LogP contribution in [-0.2, 0) is 6.42 Å². The van der Waals surface area contributed by atoms with Gasteiger partial charge in [0.15, 0.2) is 0 Å². The molecular weight excluding hydrogens is 232 g/mol. The lowest BCUT2D eigenvalue weighted by atomic mass is 9.97. The Balaban J connectivity index is 2.10. The smallest absolute Gasteiger partial charge is 0.0396 e. The fourth-order valence-corrected chi connectivity index (χ4v) is 3.05. The largest absolute Gasteiger partial charge is 0.371 e. The van der Waals surface area contributed by atoms with E-state index in [2.05, 4.69) is 43.9 Å². The number of anilines is 1. The van der Waals surface area contributed by atoms with E-state index >= 15 is 0 Å². The lowest BCUT2D eigenvalue weighted by Crippen LogP contribution is -2.34. The monoisotopic (exact) mass is 260 g/mol. The molecule has 1 aromatic carbocycles. The first kappa shape index (κ1) is 14.4. The van der Waals surface area contributed by atoms with Gasteiger partial charge in [0, 0.05) is 24.8 Å². The number of nitrogens with zero attached hydrogens (tertiary/aromatic N) is 1. The number of piperidine rings is 1. The quantitative estimate of drug-likeness (QED) is 0.897. The maximum Gasteiger partial charge on any atom is 0.0396 e. The number of aryl methyl sites for hydroxylation is 1. The van der Waals surface area contributed by atoms with E-state index < -0.39 is 0 Å². The standard InChI is InChI=1S/C17H28N2/c1-4-16(18)11-15-7-8-17(14(3)10-15)19-9-5-6-13(2)12-19/h7-8,10,13,16H,4-6,9,11-12,18H2,1-3H3. The molecule has 2 N–H and O–H groups in total. The molecule has 2 rings (SSSR count). The predicted octanol–water partition coefficient (Wildman–Crippen LogP) is 3.51. The van der Waals surface area contributed by atoms with Gasteiger partial charge in [0.1, 0.15) is 0 Å². The van der Waals surface area contributed by atoms with Gasteiger partial charge in [0.05, 0.1) is 0 Å². The van der Waals surface area contributed by atoms with Gasteiger partial charge < -0.3 is 10.6 Å². The van der Waals surface area contributed by atoms with Gasteiger partial charge in [-0.1, -0.05) is 26.0 Å². The fourth-order valence-electron chi connectivity index (χ4n) is 3.05. The van der Waals surface area contributed by atoms with E-state index in [0.29, 0.717) is 6.04 Å². The summed E-state index contributed by atoms with van der Waals surface area (Å²) in [6, 6.07) is 7.17. The van der Waals surface area contributed by atoms with E-state index in [-0.39, 0.29) is 0 Å². The first-order valence-corrected chi connectivity index (χ1v) is 7.70. The minimum atomic E-state index is 0.292. The highest BCUT2D eigenvalue weighted by molar-refractivity contribution is 5.54. The Bertz CT molecular complexity index is 414. The first-order chi connectivity index (χ1) is 9.10. The summed E-state index contributed by atoms with van der Waals surface area (Å²) in [7, 11) is 0. The third kappa shape index (κ3) is 3.73. The molecule has 0 saturated carbocycles. The summed E-state index contributed by atoms with van der Waals surface area (Å²) in [4.78, 5) is 2.55. The van der Waals surface area contributed by atoms with Crippen LogP contribution in [0.25, 0.3) is 0 Å². The second kappa shape index (κ2) is 6.42. The zero-order valence-electron chi connectivity index (χ0n) is 12.7. The molecule has 1 saturated heterocycles. The summed E-state index contributed by atoms with van der Waals surface area (Å²) < 4.78 is 0. The summed E-state index contributed by atoms with van der Waals surface area (Å²) >= 11 is 0. The molecule has 1 fully saturated rings. The minimum absolute atomic E-state index is 0.292. The number of hydrogen-bond acceptors (Lipinski definition) is 2. The molecule has 1 heterocycles. The second-order valence-corrected chi connectivity index (χ2v) is 6.19. The molecule has 1 aliphatic rings. The van der Waals surface area contributed by atoms with Crippen molar-refractivity contribution in [2.75, 3.05) is 18.0 Å². The molecule has 2 nitrogen and oxygen atoms in total. The summed E-state index contributed by atoms with van der Waals surface area (Å²) in [5.41, 5.74) is 10.2. The Morgan fingerprint density at radius 3 is 2.84 bits per heavy atom. The van der Waals surface area contributed by atoms with Crippen LogP contribution in [0.2, 0.25) is 0 Å². The van der Waals surface area contributed by atoms with Crippen LogP contribution in [0.4, 0.5) is 5.69 Å². The van der Waals surface area contributed by atoms with Gasteiger partial charge in [-0.3, -0.25) is 0 Å². The van der Waals surface area contributed by atoms with Crippen LogP contribution >= 0.6 is 0 Å². The van der Waals surface area contributed by atoms with Crippen LogP contribution in [0.3, 0.4) is 0 Å². The molecule has 0 spiro atoms. The van der Waals surface area contributed by atoms with Crippen molar-refractivity contribution in [3.8, 4) is 0 Å². The number of benzene rings is 1. The third-order valence-corrected chi connectivity index (χ3v) is 4.28. The van der Waals surface area contributed by atoms with Gasteiger partial charge in [-0.15, -0.1) is 0 Å². The third-order valence-electron chi connectivity index (χ3n) is 4.28. The highest BCUT2D eigenvalue weighted by Crippen LogP contribution is 2.27. The normalized spacial score (nSPS) is 21.5. The van der Waals surface area contributed by atoms with Crippen molar-refractivity contribution in [1.82, 2.24) is 0 Å². The second-order valence-electron chi connectivity index (χ2n) is 6.19. The van der Waals surface area contributed by atoms with Crippen molar-refractivity contribution < 1.29 is 0 Å². The van der Waals surface area contributed by atoms with Crippen LogP contribution < -0.4 is 10.6 Å². The Hall–Kier alpha value is -1.02. The molecule has 1 aliphatic heterocycles. The van der Waals surface area contributed by atoms with Gasteiger partial charge in [-0.2, -0.15) is 0 Å². The van der Waals surface area contributed by atoms with Gasteiger partial charge in [0.2, 0.25) is 0 Å². The Morgan fingerprint density at radius 2 is 2.21 bits per heavy atom. The molecule has 0 bridgehead atoms. The van der Waals surface area contributed by atoms with E-state index in [1.165, 1.54) is 42.7 Å². The number of rotatable bonds is 4. The van der Waals surface area contributed by atoms with Crippen molar-refractivity contribution in [2.45, 2.75) is 52.5 Å². The van der Waals surface area contributed by atoms with Crippen molar-refractivity contribution >= 4 is 5.69 Å². The van der Waals surface area contributed by atoms with Gasteiger partial charge in [-0.25, -0.2) is 0 Å². The highest BCUT2D eigenvalue weighted by atomic mass is 15.1. The maximum atomic E-state index is 6.04. The van der Waals surface area contributed by atoms with Crippen molar-refractivity contribution in [1.29, 1.82) is 0 Å². The average Bonchev–Trinajstić information content (AvgIpc) is 2.38. The lowest BCUT2D eigenvalue weighted by Gasteiger charge is -2.34. The first-order valence-electron chi connectivity index (χ1n) is 7.70. The molecule has 0 radical (unpaired) electrons. The van der Waals surface area contributed by atoms with E-state index in [0.717, 1.165) is 18.8 Å². The Morgan fingerprint density at radius 1 is 1.42 bits per heavy atom. The van der Waals surface area contributed by atoms with E-state index in [9.17, 15) is 0 Å². The fraction of sp³-hybridized carbons (Fsp3) is 0.647. The summed E-state index contributed by atoms with van der Waals surface area (Å²) in [5, 5.41) is 0. The average molecular weight is 260 g/mol. The topological polar surface area (TPSA) is 29.3 Å². The van der Waals surface area contributed by atoms with E-state index in [1.807, 2.05) is 0 Å². The minimum Gasteiger partial charge on any atom is -0.371 e. The zero-order valence-corrected chi connectivity index (χ0v) is 12.7. The van der Waals surface area contributed by atoms with Gasteiger partial charge >= 0.3 is 0 Å². The van der Waals surface area contributed by atoms with Crippen LogP contribution in [0.15, 0.2) is 18.2 Å². The Labute approximate surface area is 118 Å². The van der Waals surface area contributed by atoms with Crippen LogP contribution in [-0.4, -0.2) is 19.1 Å². The lowest BCUT2D eigenvalue weighted by molar-refractivity contribution is 0.446. The molecule has 0 aromatic heterocycles. The van der Waals surface area contributed by atoms with Gasteiger partial charge in [-0.05, 0) is 55.7 Å². The van der Waals surface area contributed by atoms with Crippen molar-refractivity contribution in [2.24, 2.45) is 11.7 Å². The highest BCUT2D eigenvalue weighted by Gasteiger charge is 2.18. The molecular formula is C17H28N2. The molecule has 0 amide bonds. The summed E-state index contributed by atoms with van der Waals surface area (Å²) in [6.45, 7) is 9.15. The predicted molar refractivity (Wildman–Crippen MR) is 83.8 cm³/mol. The zero-order chi connectivity index (χ0) is 13.8. The molecule has 0 aliphatic carbocycles. The van der Waals surface area contributed by atoms with Crippen LogP contribution in [0.1, 0.15) is 44.2 Å². The summed E-state index contributed by atoms with van der Waals surface area (Å²) in [6.07, 6.45) is 4.74. The molecule has 1 aromatic rings. The molecule has 2 heteroatoms. The maximum absolute atomic E-state index is 6.04. The molecule has 2 atom stereocenters. The number of hydrogen-bond donors (Lipinski definition) is 1. The number of nitrogens with two attached hydrogens (primary N) is 1. The van der Waals surface area contributed by atoms with Gasteiger partial charge in [0.25, 0.3) is 0 Å². The van der Waals surface area contributed by atoms with E-state index in [1.54, 1.807) is 0 Å². The summed E-state index contributed by atoms with van der Waals surface area (Å²) in [5.74, 6) is 0.821.